The van der Waals surface area contributed by atoms with Crippen molar-refractivity contribution in [2.75, 3.05) is 0 Å². The molecule has 0 aliphatic rings. The van der Waals surface area contributed by atoms with Crippen LogP contribution in [0.15, 0.2) is 24.3 Å². The van der Waals surface area contributed by atoms with Gasteiger partial charge in [0.05, 0.1) is 0 Å². The second-order valence-corrected chi connectivity index (χ2v) is 4.76. The predicted octanol–water partition coefficient (Wildman–Crippen LogP) is 4.82. The summed E-state index contributed by atoms with van der Waals surface area (Å²) in [6, 6.07) is 8.03. The highest BCUT2D eigenvalue weighted by Crippen LogP contribution is 2.32. The standard InChI is InChI=1S/C11H14BrCl/c1-3-8(2)11(12)9-4-6-10(13)7-5-9/h4-8,11H,3H2,1-2H3. The van der Waals surface area contributed by atoms with E-state index in [4.69, 9.17) is 11.6 Å². The van der Waals surface area contributed by atoms with Gasteiger partial charge in [-0.05, 0) is 23.6 Å². The van der Waals surface area contributed by atoms with E-state index in [-0.39, 0.29) is 0 Å². The van der Waals surface area contributed by atoms with Gasteiger partial charge in [0, 0.05) is 9.85 Å². The molecule has 0 spiro atoms. The van der Waals surface area contributed by atoms with Gasteiger partial charge in [-0.1, -0.05) is 59.9 Å². The minimum atomic E-state index is 0.440. The molecule has 0 aromatic heterocycles. The molecule has 0 heterocycles. The van der Waals surface area contributed by atoms with Crippen molar-refractivity contribution in [3.63, 3.8) is 0 Å². The van der Waals surface area contributed by atoms with Crippen molar-refractivity contribution in [2.24, 2.45) is 5.92 Å². The van der Waals surface area contributed by atoms with E-state index in [1.165, 1.54) is 12.0 Å². The zero-order valence-electron chi connectivity index (χ0n) is 7.93. The molecule has 2 atom stereocenters. The van der Waals surface area contributed by atoms with Crippen LogP contribution in [-0.2, 0) is 0 Å². The smallest absolute Gasteiger partial charge is 0.0420 e. The molecule has 0 saturated heterocycles. The maximum absolute atomic E-state index is 5.81. The van der Waals surface area contributed by atoms with E-state index < -0.39 is 0 Å². The Morgan fingerprint density at radius 3 is 2.31 bits per heavy atom. The number of hydrogen-bond donors (Lipinski definition) is 0. The number of benzene rings is 1. The summed E-state index contributed by atoms with van der Waals surface area (Å²) in [6.07, 6.45) is 1.18. The molecule has 0 aliphatic heterocycles. The molecule has 2 heteroatoms. The van der Waals surface area contributed by atoms with Crippen LogP contribution in [0.3, 0.4) is 0 Å². The molecule has 0 radical (unpaired) electrons. The van der Waals surface area contributed by atoms with Crippen LogP contribution >= 0.6 is 27.5 Å². The molecule has 1 aromatic carbocycles. The summed E-state index contributed by atoms with van der Waals surface area (Å²) in [6.45, 7) is 4.45. The SMILES string of the molecule is CCC(C)C(Br)c1ccc(Cl)cc1. The van der Waals surface area contributed by atoms with E-state index in [0.717, 1.165) is 5.02 Å². The first-order valence-corrected chi connectivity index (χ1v) is 5.84. The van der Waals surface area contributed by atoms with Crippen LogP contribution in [0, 0.1) is 5.92 Å². The molecular formula is C11H14BrCl. The van der Waals surface area contributed by atoms with Gasteiger partial charge in [0.15, 0.2) is 0 Å². The van der Waals surface area contributed by atoms with Gasteiger partial charge in [-0.3, -0.25) is 0 Å². The van der Waals surface area contributed by atoms with Gasteiger partial charge in [0.2, 0.25) is 0 Å². The van der Waals surface area contributed by atoms with E-state index >= 15 is 0 Å². The fourth-order valence-corrected chi connectivity index (χ4v) is 1.99. The van der Waals surface area contributed by atoms with Crippen LogP contribution in [0.5, 0.6) is 0 Å². The zero-order chi connectivity index (χ0) is 9.84. The Balaban J connectivity index is 2.77. The summed E-state index contributed by atoms with van der Waals surface area (Å²) in [5.41, 5.74) is 1.30. The average Bonchev–Trinajstić information content (AvgIpc) is 2.17. The minimum absolute atomic E-state index is 0.440. The molecule has 0 aliphatic carbocycles. The molecular weight excluding hydrogens is 247 g/mol. The van der Waals surface area contributed by atoms with Crippen LogP contribution in [0.1, 0.15) is 30.7 Å². The summed E-state index contributed by atoms with van der Waals surface area (Å²) in [4.78, 5) is 0.440. The highest BCUT2D eigenvalue weighted by Gasteiger charge is 2.13. The average molecular weight is 262 g/mol. The first-order valence-electron chi connectivity index (χ1n) is 4.54. The summed E-state index contributed by atoms with van der Waals surface area (Å²) >= 11 is 9.51. The summed E-state index contributed by atoms with van der Waals surface area (Å²) in [5.74, 6) is 0.654. The zero-order valence-corrected chi connectivity index (χ0v) is 10.3. The number of rotatable bonds is 3. The number of halogens is 2. The second kappa shape index (κ2) is 5.02. The van der Waals surface area contributed by atoms with E-state index in [9.17, 15) is 0 Å². The largest absolute Gasteiger partial charge is 0.0843 e. The third-order valence-electron chi connectivity index (χ3n) is 2.33. The molecule has 0 bridgehead atoms. The molecule has 0 amide bonds. The Hall–Kier alpha value is -0.0100. The predicted molar refractivity (Wildman–Crippen MR) is 62.6 cm³/mol. The Kier molecular flexibility index (Phi) is 4.27. The van der Waals surface area contributed by atoms with Crippen LogP contribution in [-0.4, -0.2) is 0 Å². The van der Waals surface area contributed by atoms with Crippen LogP contribution in [0.4, 0.5) is 0 Å². The summed E-state index contributed by atoms with van der Waals surface area (Å²) in [5, 5.41) is 0.799. The van der Waals surface area contributed by atoms with E-state index in [0.29, 0.717) is 10.7 Å². The quantitative estimate of drug-likeness (QED) is 0.684. The van der Waals surface area contributed by atoms with Crippen LogP contribution in [0.25, 0.3) is 0 Å². The third-order valence-corrected chi connectivity index (χ3v) is 4.02. The summed E-state index contributed by atoms with van der Waals surface area (Å²) in [7, 11) is 0. The van der Waals surface area contributed by atoms with Crippen molar-refractivity contribution in [3.05, 3.63) is 34.9 Å². The number of alkyl halides is 1. The minimum Gasteiger partial charge on any atom is -0.0843 e. The molecule has 0 saturated carbocycles. The normalized spacial score (nSPS) is 15.4. The Morgan fingerprint density at radius 2 is 1.85 bits per heavy atom. The van der Waals surface area contributed by atoms with E-state index in [2.05, 4.69) is 41.9 Å². The monoisotopic (exact) mass is 260 g/mol. The van der Waals surface area contributed by atoms with Gasteiger partial charge >= 0.3 is 0 Å². The van der Waals surface area contributed by atoms with Crippen molar-refractivity contribution in [1.29, 1.82) is 0 Å². The molecule has 13 heavy (non-hydrogen) atoms. The lowest BCUT2D eigenvalue weighted by atomic mass is 9.99. The van der Waals surface area contributed by atoms with Gasteiger partial charge in [0.1, 0.15) is 0 Å². The molecule has 72 valence electrons. The molecule has 0 N–H and O–H groups in total. The van der Waals surface area contributed by atoms with Crippen molar-refractivity contribution in [1.82, 2.24) is 0 Å². The lowest BCUT2D eigenvalue weighted by molar-refractivity contribution is 0.555. The van der Waals surface area contributed by atoms with E-state index in [1.54, 1.807) is 0 Å². The highest BCUT2D eigenvalue weighted by molar-refractivity contribution is 9.09. The van der Waals surface area contributed by atoms with Gasteiger partial charge in [-0.2, -0.15) is 0 Å². The first kappa shape index (κ1) is 11.1. The molecule has 0 nitrogen and oxygen atoms in total. The van der Waals surface area contributed by atoms with Crippen molar-refractivity contribution in [3.8, 4) is 0 Å². The summed E-state index contributed by atoms with van der Waals surface area (Å²) < 4.78 is 0. The highest BCUT2D eigenvalue weighted by atomic mass is 79.9. The Bertz CT molecular complexity index is 255. The second-order valence-electron chi connectivity index (χ2n) is 3.34. The maximum Gasteiger partial charge on any atom is 0.0420 e. The van der Waals surface area contributed by atoms with Gasteiger partial charge in [-0.15, -0.1) is 0 Å². The van der Waals surface area contributed by atoms with E-state index in [1.807, 2.05) is 12.1 Å². The molecule has 1 rings (SSSR count). The first-order chi connectivity index (χ1) is 6.15. The number of hydrogen-bond acceptors (Lipinski definition) is 0. The topological polar surface area (TPSA) is 0 Å². The Labute approximate surface area is 93.4 Å². The van der Waals surface area contributed by atoms with Crippen molar-refractivity contribution in [2.45, 2.75) is 25.1 Å². The van der Waals surface area contributed by atoms with Crippen LogP contribution in [0.2, 0.25) is 5.02 Å². The molecule has 0 fully saturated rings. The third kappa shape index (κ3) is 2.99. The van der Waals surface area contributed by atoms with Gasteiger partial charge in [-0.25, -0.2) is 0 Å². The van der Waals surface area contributed by atoms with Crippen molar-refractivity contribution < 1.29 is 0 Å². The Morgan fingerprint density at radius 1 is 1.31 bits per heavy atom. The molecule has 2 unspecified atom stereocenters. The lowest BCUT2D eigenvalue weighted by Gasteiger charge is -2.16. The molecule has 1 aromatic rings. The van der Waals surface area contributed by atoms with Crippen molar-refractivity contribution >= 4 is 27.5 Å². The van der Waals surface area contributed by atoms with Gasteiger partial charge in [0.25, 0.3) is 0 Å². The maximum atomic E-state index is 5.81. The fraction of sp³-hybridized carbons (Fsp3) is 0.455. The lowest BCUT2D eigenvalue weighted by Crippen LogP contribution is -2.01. The van der Waals surface area contributed by atoms with Crippen LogP contribution < -0.4 is 0 Å². The fourth-order valence-electron chi connectivity index (χ4n) is 1.18. The van der Waals surface area contributed by atoms with Gasteiger partial charge < -0.3 is 0 Å².